The second-order valence-electron chi connectivity index (χ2n) is 7.12. The first-order valence-corrected chi connectivity index (χ1v) is 11.2. The van der Waals surface area contributed by atoms with E-state index in [0.717, 1.165) is 12.1 Å². The monoisotopic (exact) mass is 495 g/mol. The van der Waals surface area contributed by atoms with Crippen LogP contribution < -0.4 is 14.8 Å². The van der Waals surface area contributed by atoms with Gasteiger partial charge in [-0.25, -0.2) is 8.42 Å². The molecule has 3 aromatic rings. The number of aromatic nitrogens is 1. The summed E-state index contributed by atoms with van der Waals surface area (Å²) >= 11 is 0. The maximum Gasteiger partial charge on any atom is 0.416 e. The summed E-state index contributed by atoms with van der Waals surface area (Å²) in [5.74, 6) is -0.0828. The summed E-state index contributed by atoms with van der Waals surface area (Å²) in [6.07, 6.45) is -1.61. The van der Waals surface area contributed by atoms with Crippen molar-refractivity contribution >= 4 is 39.5 Å². The van der Waals surface area contributed by atoms with Crippen molar-refractivity contribution in [3.63, 3.8) is 0 Å². The Hall–Kier alpha value is -3.80. The minimum Gasteiger partial charge on any atom is -0.495 e. The van der Waals surface area contributed by atoms with Crippen LogP contribution in [0.2, 0.25) is 0 Å². The molecule has 0 radical (unpaired) electrons. The number of hydrogen-bond donors (Lipinski definition) is 2. The van der Waals surface area contributed by atoms with Crippen LogP contribution in [0.4, 0.5) is 24.5 Å². The van der Waals surface area contributed by atoms with E-state index in [2.05, 4.69) is 15.2 Å². The Morgan fingerprint density at radius 2 is 1.88 bits per heavy atom. The van der Waals surface area contributed by atoms with Crippen molar-refractivity contribution in [2.24, 2.45) is 0 Å². The molecule has 0 aliphatic heterocycles. The summed E-state index contributed by atoms with van der Waals surface area (Å²) in [6, 6.07) is 8.10. The molecule has 1 heterocycles. The smallest absolute Gasteiger partial charge is 0.416 e. The van der Waals surface area contributed by atoms with Gasteiger partial charge >= 0.3 is 6.18 Å². The molecule has 8 nitrogen and oxygen atoms in total. The van der Waals surface area contributed by atoms with Gasteiger partial charge in [-0.1, -0.05) is 23.4 Å². The number of hydrogen-bond acceptors (Lipinski definition) is 6. The molecule has 0 saturated heterocycles. The molecule has 2 N–H and O–H groups in total. The molecule has 1 amide bonds. The summed E-state index contributed by atoms with van der Waals surface area (Å²) in [4.78, 5) is 11.1. The third-order valence-corrected chi connectivity index (χ3v) is 5.94. The van der Waals surface area contributed by atoms with E-state index in [9.17, 15) is 26.4 Å². The van der Waals surface area contributed by atoms with E-state index in [1.54, 1.807) is 13.0 Å². The van der Waals surface area contributed by atoms with Crippen molar-refractivity contribution in [1.82, 2.24) is 5.16 Å². The first kappa shape index (κ1) is 24.8. The summed E-state index contributed by atoms with van der Waals surface area (Å²) in [5.41, 5.74) is -0.00826. The number of carbonyl (C=O) groups is 1. The fourth-order valence-electron chi connectivity index (χ4n) is 2.98. The first-order valence-electron chi connectivity index (χ1n) is 9.71. The summed E-state index contributed by atoms with van der Waals surface area (Å²) in [5, 5.41) is 6.39. The molecule has 2 aromatic carbocycles. The summed E-state index contributed by atoms with van der Waals surface area (Å²) in [6.45, 7) is 2.97. The quantitative estimate of drug-likeness (QED) is 0.480. The highest BCUT2D eigenvalue weighted by Crippen LogP contribution is 2.32. The van der Waals surface area contributed by atoms with E-state index < -0.39 is 21.8 Å². The van der Waals surface area contributed by atoms with Crippen LogP contribution in [0.1, 0.15) is 29.5 Å². The van der Waals surface area contributed by atoms with Crippen LogP contribution in [0.15, 0.2) is 51.9 Å². The molecule has 0 spiro atoms. The highest BCUT2D eigenvalue weighted by atomic mass is 32.2. The number of anilines is 2. The number of amides is 1. The average Bonchev–Trinajstić information content (AvgIpc) is 3.10. The SMILES string of the molecule is COc1ccc(/C=C\c2onc(C)c2NC(C)=O)cc1S(=O)(=O)Nc1cccc(C(F)(F)F)c1. The van der Waals surface area contributed by atoms with Gasteiger partial charge < -0.3 is 14.6 Å². The van der Waals surface area contributed by atoms with Crippen LogP contribution in [0.25, 0.3) is 12.2 Å². The molecule has 34 heavy (non-hydrogen) atoms. The topological polar surface area (TPSA) is 111 Å². The van der Waals surface area contributed by atoms with Gasteiger partial charge in [0.15, 0.2) is 5.76 Å². The molecule has 0 fully saturated rings. The van der Waals surface area contributed by atoms with Crippen LogP contribution in [-0.2, 0) is 21.0 Å². The summed E-state index contributed by atoms with van der Waals surface area (Å²) in [7, 11) is -3.04. The van der Waals surface area contributed by atoms with Gasteiger partial charge in [0.25, 0.3) is 10.0 Å². The minimum absolute atomic E-state index is 0.00827. The maximum absolute atomic E-state index is 13.0. The van der Waals surface area contributed by atoms with Crippen LogP contribution >= 0.6 is 0 Å². The third kappa shape index (κ3) is 5.76. The molecule has 0 aliphatic rings. The Morgan fingerprint density at radius 3 is 2.53 bits per heavy atom. The number of methoxy groups -OCH3 is 1. The highest BCUT2D eigenvalue weighted by molar-refractivity contribution is 7.92. The van der Waals surface area contributed by atoms with E-state index in [-0.39, 0.29) is 28.0 Å². The van der Waals surface area contributed by atoms with Gasteiger partial charge in [-0.2, -0.15) is 13.2 Å². The zero-order valence-electron chi connectivity index (χ0n) is 18.2. The third-order valence-electron chi connectivity index (χ3n) is 4.54. The number of halogens is 3. The molecule has 3 rings (SSSR count). The Balaban J connectivity index is 1.94. The van der Waals surface area contributed by atoms with Crippen LogP contribution in [0.5, 0.6) is 5.75 Å². The van der Waals surface area contributed by atoms with Gasteiger partial charge in [0, 0.05) is 12.6 Å². The number of rotatable bonds is 7. The predicted octanol–water partition coefficient (Wildman–Crippen LogP) is 4.94. The number of sulfonamides is 1. The van der Waals surface area contributed by atoms with Crippen molar-refractivity contribution in [3.8, 4) is 5.75 Å². The molecule has 180 valence electrons. The number of carbonyl (C=O) groups excluding carboxylic acids is 1. The maximum atomic E-state index is 13.0. The van der Waals surface area contributed by atoms with Crippen LogP contribution in [-0.4, -0.2) is 26.6 Å². The molecule has 0 saturated carbocycles. The van der Waals surface area contributed by atoms with Crippen molar-refractivity contribution in [2.75, 3.05) is 17.1 Å². The molecule has 0 atom stereocenters. The van der Waals surface area contributed by atoms with Crippen molar-refractivity contribution in [3.05, 3.63) is 65.0 Å². The highest BCUT2D eigenvalue weighted by Gasteiger charge is 2.31. The Labute approximate surface area is 193 Å². The summed E-state index contributed by atoms with van der Waals surface area (Å²) < 4.78 is 77.3. The molecular formula is C22H20F3N3O5S. The van der Waals surface area contributed by atoms with Gasteiger partial charge in [-0.3, -0.25) is 9.52 Å². The first-order chi connectivity index (χ1) is 15.9. The average molecular weight is 495 g/mol. The van der Waals surface area contributed by atoms with Crippen molar-refractivity contribution in [1.29, 1.82) is 0 Å². The molecule has 0 aliphatic carbocycles. The second kappa shape index (κ2) is 9.59. The molecule has 0 bridgehead atoms. The van der Waals surface area contributed by atoms with Crippen LogP contribution in [0, 0.1) is 6.92 Å². The standard InChI is InChI=1S/C22H20F3N3O5S/c1-13-21(26-14(2)29)19(33-27-13)10-8-15-7-9-18(32-3)20(11-15)34(30,31)28-17-6-4-5-16(12-17)22(23,24)25/h4-12,28H,1-3H3,(H,26,29)/b10-8-. The van der Waals surface area contributed by atoms with E-state index >= 15 is 0 Å². The lowest BCUT2D eigenvalue weighted by atomic mass is 10.2. The number of ether oxygens (including phenoxy) is 1. The number of benzene rings is 2. The van der Waals surface area contributed by atoms with E-state index in [1.807, 2.05) is 0 Å². The minimum atomic E-state index is -4.63. The number of aryl methyl sites for hydroxylation is 1. The van der Waals surface area contributed by atoms with Gasteiger partial charge in [-0.15, -0.1) is 0 Å². The van der Waals surface area contributed by atoms with Crippen molar-refractivity contribution < 1.29 is 35.6 Å². The lowest BCUT2D eigenvalue weighted by Gasteiger charge is -2.14. The molecule has 1 aromatic heterocycles. The number of alkyl halides is 3. The lowest BCUT2D eigenvalue weighted by molar-refractivity contribution is -0.137. The van der Waals surface area contributed by atoms with E-state index in [4.69, 9.17) is 9.26 Å². The number of nitrogens with one attached hydrogen (secondary N) is 2. The normalized spacial score (nSPS) is 12.1. The predicted molar refractivity (Wildman–Crippen MR) is 120 cm³/mol. The van der Waals surface area contributed by atoms with Gasteiger partial charge in [0.1, 0.15) is 22.0 Å². The zero-order valence-corrected chi connectivity index (χ0v) is 19.0. The van der Waals surface area contributed by atoms with Gasteiger partial charge in [0.2, 0.25) is 5.91 Å². The Bertz CT molecular complexity index is 1350. The van der Waals surface area contributed by atoms with E-state index in [0.29, 0.717) is 23.0 Å². The Kier molecular flexibility index (Phi) is 7.01. The van der Waals surface area contributed by atoms with Crippen molar-refractivity contribution in [2.45, 2.75) is 24.9 Å². The molecule has 12 heteroatoms. The van der Waals surface area contributed by atoms with Gasteiger partial charge in [-0.05, 0) is 48.9 Å². The fourth-order valence-corrected chi connectivity index (χ4v) is 4.23. The molecular weight excluding hydrogens is 475 g/mol. The van der Waals surface area contributed by atoms with E-state index in [1.165, 1.54) is 44.4 Å². The Morgan fingerprint density at radius 1 is 1.15 bits per heavy atom. The second-order valence-corrected chi connectivity index (χ2v) is 8.77. The fraction of sp³-hybridized carbons (Fsp3) is 0.182. The number of nitrogens with zero attached hydrogens (tertiary/aromatic N) is 1. The molecule has 0 unspecified atom stereocenters. The van der Waals surface area contributed by atoms with Gasteiger partial charge in [0.05, 0.1) is 12.7 Å². The lowest BCUT2D eigenvalue weighted by Crippen LogP contribution is -2.15. The zero-order chi connectivity index (χ0) is 25.1. The van der Waals surface area contributed by atoms with Crippen LogP contribution in [0.3, 0.4) is 0 Å². The largest absolute Gasteiger partial charge is 0.495 e.